The van der Waals surface area contributed by atoms with Crippen molar-refractivity contribution in [1.82, 2.24) is 9.80 Å². The first kappa shape index (κ1) is 15.3. The van der Waals surface area contributed by atoms with Crippen LogP contribution in [0, 0.1) is 0 Å². The molecule has 1 fully saturated rings. The summed E-state index contributed by atoms with van der Waals surface area (Å²) in [6.07, 6.45) is -0.0102. The predicted molar refractivity (Wildman–Crippen MR) is 80.5 cm³/mol. The van der Waals surface area contributed by atoms with E-state index in [1.54, 1.807) is 24.3 Å². The van der Waals surface area contributed by atoms with Crippen LogP contribution in [0.15, 0.2) is 24.3 Å². The Labute approximate surface area is 124 Å². The molecule has 1 aromatic rings. The number of carboxylic acid groups (broad SMARTS) is 1. The van der Waals surface area contributed by atoms with Crippen molar-refractivity contribution in [3.8, 4) is 0 Å². The molecule has 0 spiro atoms. The minimum Gasteiger partial charge on any atom is -0.481 e. The molecule has 0 saturated carbocycles. The van der Waals surface area contributed by atoms with E-state index in [1.165, 1.54) is 0 Å². The Morgan fingerprint density at radius 2 is 1.95 bits per heavy atom. The summed E-state index contributed by atoms with van der Waals surface area (Å²) in [5.74, 6) is -0.863. The second-order valence-corrected chi connectivity index (χ2v) is 5.50. The van der Waals surface area contributed by atoms with Crippen molar-refractivity contribution < 1.29 is 14.7 Å². The van der Waals surface area contributed by atoms with Gasteiger partial charge in [-0.25, -0.2) is 4.79 Å². The zero-order valence-electron chi connectivity index (χ0n) is 12.4. The highest BCUT2D eigenvalue weighted by molar-refractivity contribution is 5.89. The number of likely N-dealkylation sites (N-methyl/N-ethyl adjacent to an activating group) is 1. The Balaban J connectivity index is 1.94. The van der Waals surface area contributed by atoms with Gasteiger partial charge in [0.25, 0.3) is 0 Å². The first-order valence-electron chi connectivity index (χ1n) is 7.02. The lowest BCUT2D eigenvalue weighted by Gasteiger charge is -2.38. The molecule has 1 heterocycles. The third-order valence-corrected chi connectivity index (χ3v) is 3.65. The smallest absolute Gasteiger partial charge is 0.322 e. The lowest BCUT2D eigenvalue weighted by atomic mass is 10.1. The number of hydrogen-bond donors (Lipinski definition) is 2. The lowest BCUT2D eigenvalue weighted by molar-refractivity contribution is -0.136. The molecule has 0 aromatic heterocycles. The van der Waals surface area contributed by atoms with E-state index >= 15 is 0 Å². The molecule has 114 valence electrons. The number of carboxylic acids is 1. The topological polar surface area (TPSA) is 72.9 Å². The fourth-order valence-corrected chi connectivity index (χ4v) is 2.52. The van der Waals surface area contributed by atoms with Gasteiger partial charge in [-0.3, -0.25) is 4.79 Å². The summed E-state index contributed by atoms with van der Waals surface area (Å²) >= 11 is 0. The summed E-state index contributed by atoms with van der Waals surface area (Å²) < 4.78 is 0. The van der Waals surface area contributed by atoms with E-state index in [0.717, 1.165) is 13.1 Å². The van der Waals surface area contributed by atoms with Gasteiger partial charge in [0.05, 0.1) is 6.42 Å². The van der Waals surface area contributed by atoms with Gasteiger partial charge in [-0.05, 0) is 31.7 Å². The molecule has 0 radical (unpaired) electrons. The maximum absolute atomic E-state index is 12.2. The van der Waals surface area contributed by atoms with Gasteiger partial charge in [0.15, 0.2) is 0 Å². The van der Waals surface area contributed by atoms with Gasteiger partial charge in [-0.1, -0.05) is 12.1 Å². The van der Waals surface area contributed by atoms with Crippen molar-refractivity contribution in [1.29, 1.82) is 0 Å². The lowest BCUT2D eigenvalue weighted by Crippen LogP contribution is -2.53. The number of urea groups is 1. The van der Waals surface area contributed by atoms with Gasteiger partial charge < -0.3 is 20.2 Å². The molecule has 1 aliphatic heterocycles. The SMILES string of the molecule is CC1CN(C)CCN1C(=O)Nc1ccc(CC(=O)O)cc1. The van der Waals surface area contributed by atoms with Crippen LogP contribution >= 0.6 is 0 Å². The van der Waals surface area contributed by atoms with E-state index in [4.69, 9.17) is 5.11 Å². The van der Waals surface area contributed by atoms with E-state index in [-0.39, 0.29) is 18.5 Å². The summed E-state index contributed by atoms with van der Waals surface area (Å²) in [6.45, 7) is 4.48. The molecule has 2 amide bonds. The van der Waals surface area contributed by atoms with Gasteiger partial charge in [0.1, 0.15) is 0 Å². The van der Waals surface area contributed by atoms with Crippen LogP contribution in [-0.2, 0) is 11.2 Å². The summed E-state index contributed by atoms with van der Waals surface area (Å²) in [7, 11) is 2.05. The molecule has 2 rings (SSSR count). The van der Waals surface area contributed by atoms with Crippen LogP contribution in [0.5, 0.6) is 0 Å². The highest BCUT2D eigenvalue weighted by Gasteiger charge is 2.25. The van der Waals surface area contributed by atoms with Crippen LogP contribution in [0.3, 0.4) is 0 Å². The Kier molecular flexibility index (Phi) is 4.80. The normalized spacial score (nSPS) is 19.3. The third-order valence-electron chi connectivity index (χ3n) is 3.65. The second-order valence-electron chi connectivity index (χ2n) is 5.50. The number of piperazine rings is 1. The third kappa shape index (κ3) is 4.19. The number of amides is 2. The second kappa shape index (κ2) is 6.58. The summed E-state index contributed by atoms with van der Waals surface area (Å²) in [4.78, 5) is 26.9. The predicted octanol–water partition coefficient (Wildman–Crippen LogP) is 1.48. The number of nitrogens with zero attached hydrogens (tertiary/aromatic N) is 2. The Bertz CT molecular complexity index is 515. The van der Waals surface area contributed by atoms with Gasteiger partial charge in [0, 0.05) is 31.4 Å². The van der Waals surface area contributed by atoms with E-state index in [9.17, 15) is 9.59 Å². The highest BCUT2D eigenvalue weighted by Crippen LogP contribution is 2.14. The molecule has 0 bridgehead atoms. The molecule has 2 N–H and O–H groups in total. The van der Waals surface area contributed by atoms with Crippen LogP contribution < -0.4 is 5.32 Å². The summed E-state index contributed by atoms with van der Waals surface area (Å²) in [5, 5.41) is 11.6. The Morgan fingerprint density at radius 1 is 1.29 bits per heavy atom. The first-order chi connectivity index (χ1) is 9.95. The molecule has 6 heteroatoms. The Morgan fingerprint density at radius 3 is 2.52 bits per heavy atom. The van der Waals surface area contributed by atoms with Gasteiger partial charge in [0.2, 0.25) is 0 Å². The number of nitrogens with one attached hydrogen (secondary N) is 1. The van der Waals surface area contributed by atoms with E-state index in [2.05, 4.69) is 10.2 Å². The molecule has 1 unspecified atom stereocenters. The van der Waals surface area contributed by atoms with Crippen molar-refractivity contribution in [3.05, 3.63) is 29.8 Å². The van der Waals surface area contributed by atoms with Crippen LogP contribution in [0.2, 0.25) is 0 Å². The quantitative estimate of drug-likeness (QED) is 0.885. The summed E-state index contributed by atoms with van der Waals surface area (Å²) in [5.41, 5.74) is 1.40. The van der Waals surface area contributed by atoms with Gasteiger partial charge in [-0.15, -0.1) is 0 Å². The fraction of sp³-hybridized carbons (Fsp3) is 0.467. The van der Waals surface area contributed by atoms with Crippen LogP contribution in [0.4, 0.5) is 10.5 Å². The fourth-order valence-electron chi connectivity index (χ4n) is 2.52. The van der Waals surface area contributed by atoms with Crippen molar-refractivity contribution in [2.75, 3.05) is 32.0 Å². The monoisotopic (exact) mass is 291 g/mol. The minimum absolute atomic E-state index is 0.0102. The largest absolute Gasteiger partial charge is 0.481 e. The van der Waals surface area contributed by atoms with Crippen LogP contribution in [0.1, 0.15) is 12.5 Å². The molecule has 6 nitrogen and oxygen atoms in total. The van der Waals surface area contributed by atoms with Crippen molar-refractivity contribution in [2.24, 2.45) is 0 Å². The minimum atomic E-state index is -0.863. The van der Waals surface area contributed by atoms with Crippen molar-refractivity contribution >= 4 is 17.7 Å². The van der Waals surface area contributed by atoms with E-state index in [0.29, 0.717) is 17.8 Å². The zero-order valence-corrected chi connectivity index (χ0v) is 12.4. The molecule has 1 atom stereocenters. The van der Waals surface area contributed by atoms with Crippen LogP contribution in [-0.4, -0.2) is 59.6 Å². The number of benzene rings is 1. The molecule has 0 aliphatic carbocycles. The highest BCUT2D eigenvalue weighted by atomic mass is 16.4. The number of carbonyl (C=O) groups excluding carboxylic acids is 1. The summed E-state index contributed by atoms with van der Waals surface area (Å²) in [6, 6.07) is 6.97. The van der Waals surface area contributed by atoms with Crippen molar-refractivity contribution in [2.45, 2.75) is 19.4 Å². The average molecular weight is 291 g/mol. The number of anilines is 1. The first-order valence-corrected chi connectivity index (χ1v) is 7.02. The zero-order chi connectivity index (χ0) is 15.4. The van der Waals surface area contributed by atoms with E-state index < -0.39 is 5.97 Å². The molecule has 1 aromatic carbocycles. The number of hydrogen-bond acceptors (Lipinski definition) is 3. The molecule has 1 saturated heterocycles. The molecular formula is C15H21N3O3. The number of rotatable bonds is 3. The maximum atomic E-state index is 12.2. The van der Waals surface area contributed by atoms with Crippen LogP contribution in [0.25, 0.3) is 0 Å². The molecule has 21 heavy (non-hydrogen) atoms. The number of aliphatic carboxylic acids is 1. The Hall–Kier alpha value is -2.08. The number of carbonyl (C=O) groups is 2. The average Bonchev–Trinajstić information content (AvgIpc) is 2.40. The standard InChI is InChI=1S/C15H21N3O3/c1-11-10-17(2)7-8-18(11)15(21)16-13-5-3-12(4-6-13)9-14(19)20/h3-6,11H,7-10H2,1-2H3,(H,16,21)(H,19,20). The molecular weight excluding hydrogens is 270 g/mol. The van der Waals surface area contributed by atoms with Gasteiger partial charge in [-0.2, -0.15) is 0 Å². The van der Waals surface area contributed by atoms with E-state index in [1.807, 2.05) is 18.9 Å². The van der Waals surface area contributed by atoms with Gasteiger partial charge >= 0.3 is 12.0 Å². The maximum Gasteiger partial charge on any atom is 0.322 e. The van der Waals surface area contributed by atoms with Crippen molar-refractivity contribution in [3.63, 3.8) is 0 Å². The molecule has 1 aliphatic rings.